The van der Waals surface area contributed by atoms with Crippen LogP contribution in [-0.4, -0.2) is 10.1 Å². The number of nitrogens with zero attached hydrogens (tertiary/aromatic N) is 1. The van der Waals surface area contributed by atoms with Crippen LogP contribution in [0, 0.1) is 0 Å². The topological polar surface area (TPSA) is 45.1 Å². The maximum atomic E-state index is 10.6. The smallest absolute Gasteiger partial charge is 0.183 e. The lowest BCUT2D eigenvalue weighted by Crippen LogP contribution is -2.11. The van der Waals surface area contributed by atoms with Crippen molar-refractivity contribution < 1.29 is 5.11 Å². The van der Waals surface area contributed by atoms with Gasteiger partial charge in [-0.25, -0.2) is 4.98 Å². The minimum absolute atomic E-state index is 0.132. The van der Waals surface area contributed by atoms with Crippen molar-refractivity contribution in [3.8, 4) is 5.75 Å². The Morgan fingerprint density at radius 2 is 1.87 bits per heavy atom. The predicted molar refractivity (Wildman–Crippen MR) is 97.5 cm³/mol. The fraction of sp³-hybridized carbons (Fsp3) is 0.0556. The van der Waals surface area contributed by atoms with Crippen molar-refractivity contribution in [2.45, 2.75) is 6.04 Å². The van der Waals surface area contributed by atoms with Gasteiger partial charge in [-0.2, -0.15) is 0 Å². The summed E-state index contributed by atoms with van der Waals surface area (Å²) >= 11 is 3.22. The predicted octanol–water partition coefficient (Wildman–Crippen LogP) is 5.26. The van der Waals surface area contributed by atoms with E-state index in [-0.39, 0.29) is 6.04 Å². The zero-order chi connectivity index (χ0) is 15.6. The summed E-state index contributed by atoms with van der Waals surface area (Å²) < 4.78 is 0. The van der Waals surface area contributed by atoms with Crippen LogP contribution in [0.3, 0.4) is 0 Å². The number of anilines is 1. The number of nitrogens with one attached hydrogen (secondary N) is 1. The van der Waals surface area contributed by atoms with Crippen molar-refractivity contribution in [3.63, 3.8) is 0 Å². The van der Waals surface area contributed by atoms with Crippen LogP contribution in [-0.2, 0) is 0 Å². The van der Waals surface area contributed by atoms with Gasteiger partial charge in [0.05, 0.1) is 6.04 Å². The highest BCUT2D eigenvalue weighted by molar-refractivity contribution is 7.13. The summed E-state index contributed by atoms with van der Waals surface area (Å²) in [7, 11) is 0. The van der Waals surface area contributed by atoms with Gasteiger partial charge in [-0.05, 0) is 28.3 Å². The van der Waals surface area contributed by atoms with Gasteiger partial charge >= 0.3 is 0 Å². The summed E-state index contributed by atoms with van der Waals surface area (Å²) in [4.78, 5) is 5.48. The highest BCUT2D eigenvalue weighted by Gasteiger charge is 2.22. The summed E-state index contributed by atoms with van der Waals surface area (Å²) in [6.45, 7) is 0. The molecular formula is C18H14N2OS2. The molecule has 2 aromatic carbocycles. The highest BCUT2D eigenvalue weighted by Crippen LogP contribution is 2.39. The molecule has 5 heteroatoms. The molecular weight excluding hydrogens is 324 g/mol. The van der Waals surface area contributed by atoms with Crippen molar-refractivity contribution in [2.75, 3.05) is 5.32 Å². The van der Waals surface area contributed by atoms with Crippen LogP contribution in [0.1, 0.15) is 16.5 Å². The molecule has 0 saturated heterocycles. The van der Waals surface area contributed by atoms with Crippen molar-refractivity contribution in [1.82, 2.24) is 4.98 Å². The van der Waals surface area contributed by atoms with Crippen molar-refractivity contribution >= 4 is 38.6 Å². The first-order valence-corrected chi connectivity index (χ1v) is 8.99. The zero-order valence-electron chi connectivity index (χ0n) is 12.1. The average Bonchev–Trinajstić information content (AvgIpc) is 3.27. The van der Waals surface area contributed by atoms with E-state index < -0.39 is 0 Å². The average molecular weight is 338 g/mol. The molecule has 0 aliphatic heterocycles. The number of benzene rings is 2. The van der Waals surface area contributed by atoms with E-state index in [1.165, 1.54) is 0 Å². The third-order valence-electron chi connectivity index (χ3n) is 3.76. The van der Waals surface area contributed by atoms with E-state index >= 15 is 0 Å². The Morgan fingerprint density at radius 1 is 0.957 bits per heavy atom. The summed E-state index contributed by atoms with van der Waals surface area (Å²) in [6.07, 6.45) is 1.78. The van der Waals surface area contributed by atoms with Gasteiger partial charge in [0, 0.05) is 22.0 Å². The molecule has 0 saturated carbocycles. The number of fused-ring (bicyclic) bond motifs is 1. The fourth-order valence-corrected chi connectivity index (χ4v) is 4.09. The Hall–Kier alpha value is -2.37. The second-order valence-electron chi connectivity index (χ2n) is 5.15. The van der Waals surface area contributed by atoms with Gasteiger partial charge in [-0.15, -0.1) is 22.7 Å². The van der Waals surface area contributed by atoms with Crippen LogP contribution in [0.15, 0.2) is 65.5 Å². The second-order valence-corrected chi connectivity index (χ2v) is 7.02. The molecule has 1 atom stereocenters. The lowest BCUT2D eigenvalue weighted by Gasteiger charge is -2.20. The quantitative estimate of drug-likeness (QED) is 0.533. The van der Waals surface area contributed by atoms with Gasteiger partial charge in [0.1, 0.15) is 5.75 Å². The third kappa shape index (κ3) is 2.69. The standard InChI is InChI=1S/C18H14N2OS2/c21-14-8-7-12-4-1-2-5-13(12)16(14)17(15-6-3-10-22-15)20-18-19-9-11-23-18/h1-11,17,21H,(H,19,20). The van der Waals surface area contributed by atoms with Crippen LogP contribution in [0.2, 0.25) is 0 Å². The number of hydrogen-bond donors (Lipinski definition) is 2. The van der Waals surface area contributed by atoms with Crippen LogP contribution in [0.5, 0.6) is 5.75 Å². The Bertz CT molecular complexity index is 918. The number of phenolic OH excluding ortho intramolecular Hbond substituents is 1. The molecule has 0 bridgehead atoms. The lowest BCUT2D eigenvalue weighted by molar-refractivity contribution is 0.468. The van der Waals surface area contributed by atoms with E-state index in [0.29, 0.717) is 5.75 Å². The van der Waals surface area contributed by atoms with E-state index in [1.54, 1.807) is 34.9 Å². The Morgan fingerprint density at radius 3 is 2.65 bits per heavy atom. The number of phenols is 1. The molecule has 2 N–H and O–H groups in total. The number of thiophene rings is 1. The summed E-state index contributed by atoms with van der Waals surface area (Å²) in [5, 5.41) is 21.0. The number of aromatic nitrogens is 1. The SMILES string of the molecule is Oc1ccc2ccccc2c1C(Nc1nccs1)c1cccs1. The molecule has 0 aliphatic carbocycles. The first-order chi connectivity index (χ1) is 11.3. The molecule has 0 aliphatic rings. The van der Waals surface area contributed by atoms with E-state index in [9.17, 15) is 5.11 Å². The molecule has 2 aromatic heterocycles. The van der Waals surface area contributed by atoms with Crippen molar-refractivity contribution in [2.24, 2.45) is 0 Å². The highest BCUT2D eigenvalue weighted by atomic mass is 32.1. The molecule has 4 aromatic rings. The molecule has 2 heterocycles. The molecule has 0 spiro atoms. The van der Waals surface area contributed by atoms with Crippen LogP contribution < -0.4 is 5.32 Å². The first kappa shape index (κ1) is 14.2. The molecule has 3 nitrogen and oxygen atoms in total. The summed E-state index contributed by atoms with van der Waals surface area (Å²) in [5.41, 5.74) is 0.890. The molecule has 114 valence electrons. The van der Waals surface area contributed by atoms with Crippen molar-refractivity contribution in [3.05, 3.63) is 75.9 Å². The van der Waals surface area contributed by atoms with Gasteiger partial charge in [0.25, 0.3) is 0 Å². The van der Waals surface area contributed by atoms with Gasteiger partial charge in [0.2, 0.25) is 0 Å². The maximum absolute atomic E-state index is 10.6. The van der Waals surface area contributed by atoms with Gasteiger partial charge in [-0.1, -0.05) is 36.4 Å². The molecule has 0 fully saturated rings. The third-order valence-corrected chi connectivity index (χ3v) is 5.41. The van der Waals surface area contributed by atoms with E-state index in [0.717, 1.165) is 26.3 Å². The zero-order valence-corrected chi connectivity index (χ0v) is 13.8. The van der Waals surface area contributed by atoms with Gasteiger partial charge < -0.3 is 10.4 Å². The normalized spacial score (nSPS) is 12.3. The lowest BCUT2D eigenvalue weighted by atomic mass is 9.96. The maximum Gasteiger partial charge on any atom is 0.183 e. The Kier molecular flexibility index (Phi) is 3.73. The molecule has 0 radical (unpaired) electrons. The molecule has 23 heavy (non-hydrogen) atoms. The minimum atomic E-state index is -0.132. The van der Waals surface area contributed by atoms with Crippen LogP contribution in [0.4, 0.5) is 5.13 Å². The molecule has 4 rings (SSSR count). The molecule has 0 amide bonds. The van der Waals surface area contributed by atoms with Crippen LogP contribution in [0.25, 0.3) is 10.8 Å². The van der Waals surface area contributed by atoms with Crippen LogP contribution >= 0.6 is 22.7 Å². The largest absolute Gasteiger partial charge is 0.508 e. The van der Waals surface area contributed by atoms with Crippen molar-refractivity contribution in [1.29, 1.82) is 0 Å². The summed E-state index contributed by atoms with van der Waals surface area (Å²) in [6, 6.07) is 15.8. The second kappa shape index (κ2) is 6.02. The number of rotatable bonds is 4. The van der Waals surface area contributed by atoms with Gasteiger partial charge in [-0.3, -0.25) is 0 Å². The Labute approximate surface area is 141 Å². The van der Waals surface area contributed by atoms with E-state index in [2.05, 4.69) is 28.5 Å². The number of aromatic hydroxyl groups is 1. The van der Waals surface area contributed by atoms with Gasteiger partial charge in [0.15, 0.2) is 5.13 Å². The minimum Gasteiger partial charge on any atom is -0.508 e. The van der Waals surface area contributed by atoms with E-state index in [1.807, 2.05) is 35.0 Å². The first-order valence-electron chi connectivity index (χ1n) is 7.23. The number of thiazole rings is 1. The summed E-state index contributed by atoms with van der Waals surface area (Å²) in [5.74, 6) is 0.297. The Balaban J connectivity index is 1.91. The fourth-order valence-electron chi connectivity index (χ4n) is 2.75. The monoisotopic (exact) mass is 338 g/mol. The van der Waals surface area contributed by atoms with E-state index in [4.69, 9.17) is 0 Å². The molecule has 1 unspecified atom stereocenters. The number of hydrogen-bond acceptors (Lipinski definition) is 5.